The maximum atomic E-state index is 12.5. The van der Waals surface area contributed by atoms with Gasteiger partial charge >= 0.3 is 0 Å². The smallest absolute Gasteiger partial charge is 0.221 e. The number of halogens is 2. The molecule has 0 radical (unpaired) electrons. The molecule has 24 heavy (non-hydrogen) atoms. The fraction of sp³-hybridized carbons (Fsp3) is 0.632. The third-order valence-corrected chi connectivity index (χ3v) is 7.66. The lowest BCUT2D eigenvalue weighted by Crippen LogP contribution is -2.59. The molecule has 4 fully saturated rings. The second-order valence-electron chi connectivity index (χ2n) is 7.92. The topological polar surface area (TPSA) is 29.1 Å². The van der Waals surface area contributed by atoms with Gasteiger partial charge in [-0.2, -0.15) is 0 Å². The van der Waals surface area contributed by atoms with E-state index in [-0.39, 0.29) is 11.4 Å². The molecule has 0 spiro atoms. The van der Waals surface area contributed by atoms with Gasteiger partial charge in [-0.1, -0.05) is 23.2 Å². The Hall–Kier alpha value is -0.380. The van der Waals surface area contributed by atoms with Gasteiger partial charge in [0, 0.05) is 27.6 Å². The van der Waals surface area contributed by atoms with Crippen molar-refractivity contribution in [2.45, 2.75) is 55.4 Å². The molecular formula is C19H23Cl2NOS. The van der Waals surface area contributed by atoms with Crippen molar-refractivity contribution in [3.8, 4) is 0 Å². The van der Waals surface area contributed by atoms with Crippen LogP contribution in [0.3, 0.4) is 0 Å². The summed E-state index contributed by atoms with van der Waals surface area (Å²) in [5, 5.41) is 4.81. The summed E-state index contributed by atoms with van der Waals surface area (Å²) < 4.78 is 0. The number of carbonyl (C=O) groups excluding carboxylic acids is 1. The lowest BCUT2D eigenvalue weighted by atomic mass is 9.53. The van der Waals surface area contributed by atoms with E-state index in [0.717, 1.165) is 28.4 Å². The zero-order valence-electron chi connectivity index (χ0n) is 13.7. The summed E-state index contributed by atoms with van der Waals surface area (Å²) in [5.41, 5.74) is 0.115. The van der Waals surface area contributed by atoms with Gasteiger partial charge in [0.2, 0.25) is 5.91 Å². The first kappa shape index (κ1) is 17.1. The first-order chi connectivity index (χ1) is 11.5. The SMILES string of the molecule is O=C(CCSc1cc(Cl)ccc1Cl)NC12CC3CC(CC(C3)C1)C2. The van der Waals surface area contributed by atoms with Gasteiger partial charge in [0.05, 0.1) is 5.02 Å². The number of rotatable bonds is 5. The Morgan fingerprint density at radius 3 is 2.38 bits per heavy atom. The van der Waals surface area contributed by atoms with E-state index in [2.05, 4.69) is 5.32 Å². The third kappa shape index (κ3) is 3.59. The normalized spacial score (nSPS) is 33.7. The number of hydrogen-bond acceptors (Lipinski definition) is 2. The average molecular weight is 384 g/mol. The Morgan fingerprint density at radius 2 is 1.75 bits per heavy atom. The van der Waals surface area contributed by atoms with E-state index < -0.39 is 0 Å². The summed E-state index contributed by atoms with van der Waals surface area (Å²) in [6.07, 6.45) is 8.36. The second-order valence-corrected chi connectivity index (χ2v) is 9.90. The van der Waals surface area contributed by atoms with Gasteiger partial charge in [0.1, 0.15) is 0 Å². The molecule has 0 aliphatic heterocycles. The number of thioether (sulfide) groups is 1. The molecule has 1 aromatic carbocycles. The molecule has 0 heterocycles. The van der Waals surface area contributed by atoms with Gasteiger partial charge in [-0.3, -0.25) is 4.79 Å². The molecule has 5 rings (SSSR count). The highest BCUT2D eigenvalue weighted by atomic mass is 35.5. The van der Waals surface area contributed by atoms with Crippen molar-refractivity contribution in [3.63, 3.8) is 0 Å². The van der Waals surface area contributed by atoms with Crippen LogP contribution in [0.4, 0.5) is 0 Å². The van der Waals surface area contributed by atoms with Gasteiger partial charge in [-0.15, -0.1) is 11.8 Å². The van der Waals surface area contributed by atoms with E-state index in [1.807, 2.05) is 12.1 Å². The van der Waals surface area contributed by atoms with Crippen LogP contribution in [0.1, 0.15) is 44.9 Å². The van der Waals surface area contributed by atoms with Crippen molar-refractivity contribution >= 4 is 40.9 Å². The largest absolute Gasteiger partial charge is 0.351 e. The van der Waals surface area contributed by atoms with Gasteiger partial charge in [-0.05, 0) is 74.5 Å². The Morgan fingerprint density at radius 1 is 1.12 bits per heavy atom. The Labute approximate surface area is 158 Å². The molecule has 0 saturated heterocycles. The van der Waals surface area contributed by atoms with Crippen LogP contribution in [0.25, 0.3) is 0 Å². The van der Waals surface area contributed by atoms with Crippen LogP contribution in [-0.4, -0.2) is 17.2 Å². The number of benzene rings is 1. The molecule has 130 valence electrons. The molecule has 4 bridgehead atoms. The van der Waals surface area contributed by atoms with Crippen LogP contribution < -0.4 is 5.32 Å². The number of amides is 1. The molecule has 2 nitrogen and oxygen atoms in total. The second kappa shape index (κ2) is 6.74. The monoisotopic (exact) mass is 383 g/mol. The highest BCUT2D eigenvalue weighted by Gasteiger charge is 2.51. The van der Waals surface area contributed by atoms with Crippen LogP contribution >= 0.6 is 35.0 Å². The molecule has 1 N–H and O–H groups in total. The van der Waals surface area contributed by atoms with E-state index >= 15 is 0 Å². The Kier molecular flexibility index (Phi) is 4.79. The Bertz CT molecular complexity index is 613. The van der Waals surface area contributed by atoms with Crippen molar-refractivity contribution in [1.82, 2.24) is 5.32 Å². The number of nitrogens with one attached hydrogen (secondary N) is 1. The molecule has 4 aliphatic carbocycles. The van der Waals surface area contributed by atoms with Gasteiger partial charge < -0.3 is 5.32 Å². The maximum absolute atomic E-state index is 12.5. The van der Waals surface area contributed by atoms with Crippen molar-refractivity contribution in [1.29, 1.82) is 0 Å². The molecule has 4 aliphatic rings. The summed E-state index contributed by atoms with van der Waals surface area (Å²) in [6, 6.07) is 5.46. The van der Waals surface area contributed by atoms with Crippen LogP contribution in [0.5, 0.6) is 0 Å². The molecule has 5 heteroatoms. The van der Waals surface area contributed by atoms with E-state index in [4.69, 9.17) is 23.2 Å². The third-order valence-electron chi connectivity index (χ3n) is 5.92. The molecule has 4 saturated carbocycles. The van der Waals surface area contributed by atoms with Crippen LogP contribution in [0.15, 0.2) is 23.1 Å². The molecule has 0 aromatic heterocycles. The lowest BCUT2D eigenvalue weighted by Gasteiger charge is -2.56. The minimum Gasteiger partial charge on any atom is -0.351 e. The Balaban J connectivity index is 1.30. The summed E-state index contributed by atoms with van der Waals surface area (Å²) in [7, 11) is 0. The summed E-state index contributed by atoms with van der Waals surface area (Å²) in [6.45, 7) is 0. The number of hydrogen-bond donors (Lipinski definition) is 1. The predicted molar refractivity (Wildman–Crippen MR) is 101 cm³/mol. The van der Waals surface area contributed by atoms with Crippen LogP contribution in [0, 0.1) is 17.8 Å². The quantitative estimate of drug-likeness (QED) is 0.674. The van der Waals surface area contributed by atoms with Crippen molar-refractivity contribution in [2.75, 3.05) is 5.75 Å². The molecule has 0 atom stereocenters. The van der Waals surface area contributed by atoms with Gasteiger partial charge in [0.15, 0.2) is 0 Å². The minimum absolute atomic E-state index is 0.115. The number of carbonyl (C=O) groups is 1. The summed E-state index contributed by atoms with van der Waals surface area (Å²) in [4.78, 5) is 13.4. The molecule has 1 amide bonds. The van der Waals surface area contributed by atoms with E-state index in [9.17, 15) is 4.79 Å². The van der Waals surface area contributed by atoms with Crippen molar-refractivity contribution in [2.24, 2.45) is 17.8 Å². The van der Waals surface area contributed by atoms with Gasteiger partial charge in [0.25, 0.3) is 0 Å². The fourth-order valence-electron chi connectivity index (χ4n) is 5.46. The zero-order chi connectivity index (χ0) is 16.7. The zero-order valence-corrected chi connectivity index (χ0v) is 16.0. The van der Waals surface area contributed by atoms with E-state index in [1.165, 1.54) is 38.5 Å². The fourth-order valence-corrected chi connectivity index (χ4v) is 6.91. The summed E-state index contributed by atoms with van der Waals surface area (Å²) >= 11 is 13.8. The van der Waals surface area contributed by atoms with E-state index in [1.54, 1.807) is 17.8 Å². The van der Waals surface area contributed by atoms with Crippen LogP contribution in [0.2, 0.25) is 10.0 Å². The molecule has 0 unspecified atom stereocenters. The maximum Gasteiger partial charge on any atom is 0.221 e. The van der Waals surface area contributed by atoms with E-state index in [0.29, 0.717) is 16.5 Å². The van der Waals surface area contributed by atoms with Crippen molar-refractivity contribution in [3.05, 3.63) is 28.2 Å². The minimum atomic E-state index is 0.115. The average Bonchev–Trinajstić information content (AvgIpc) is 2.48. The highest BCUT2D eigenvalue weighted by molar-refractivity contribution is 7.99. The lowest BCUT2D eigenvalue weighted by molar-refractivity contribution is -0.126. The predicted octanol–water partition coefficient (Wildman–Crippen LogP) is 5.56. The first-order valence-corrected chi connectivity index (χ1v) is 10.6. The first-order valence-electron chi connectivity index (χ1n) is 8.90. The molecular weight excluding hydrogens is 361 g/mol. The van der Waals surface area contributed by atoms with Gasteiger partial charge in [-0.25, -0.2) is 0 Å². The standard InChI is InChI=1S/C19H23Cl2NOS/c20-15-1-2-16(21)17(8-15)24-4-3-18(23)22-19-9-12-5-13(10-19)7-14(6-12)11-19/h1-2,8,12-14H,3-7,9-11H2,(H,22,23). The van der Waals surface area contributed by atoms with Crippen LogP contribution in [-0.2, 0) is 4.79 Å². The summed E-state index contributed by atoms with van der Waals surface area (Å²) in [5.74, 6) is 3.50. The highest BCUT2D eigenvalue weighted by Crippen LogP contribution is 2.55. The molecule has 1 aromatic rings. The van der Waals surface area contributed by atoms with Crippen molar-refractivity contribution < 1.29 is 4.79 Å².